The summed E-state index contributed by atoms with van der Waals surface area (Å²) in [6.45, 7) is 4.90. The SMILES string of the molecule is COc1ccc(OC)c(C(C)NC(=O)COC(=O)C(NC(=O)c2cccs2)C(C)C)c1. The lowest BCUT2D eigenvalue weighted by molar-refractivity contribution is -0.151. The number of carbonyl (C=O) groups excluding carboxylic acids is 3. The fraction of sp³-hybridized carbons (Fsp3) is 0.409. The van der Waals surface area contributed by atoms with Crippen LogP contribution in [-0.2, 0) is 14.3 Å². The topological polar surface area (TPSA) is 103 Å². The van der Waals surface area contributed by atoms with E-state index in [0.717, 1.165) is 5.56 Å². The van der Waals surface area contributed by atoms with Crippen LogP contribution in [0.5, 0.6) is 11.5 Å². The largest absolute Gasteiger partial charge is 0.497 e. The fourth-order valence-corrected chi connectivity index (χ4v) is 3.51. The van der Waals surface area contributed by atoms with Crippen molar-refractivity contribution in [1.82, 2.24) is 10.6 Å². The molecule has 0 bridgehead atoms. The third kappa shape index (κ3) is 6.71. The Kier molecular flexibility index (Phi) is 8.87. The van der Waals surface area contributed by atoms with Crippen molar-refractivity contribution in [1.29, 1.82) is 0 Å². The van der Waals surface area contributed by atoms with E-state index in [1.807, 2.05) is 0 Å². The first-order valence-electron chi connectivity index (χ1n) is 9.79. The Morgan fingerprint density at radius 3 is 2.35 bits per heavy atom. The summed E-state index contributed by atoms with van der Waals surface area (Å²) in [5.41, 5.74) is 0.727. The Morgan fingerprint density at radius 1 is 1.03 bits per heavy atom. The highest BCUT2D eigenvalue weighted by Crippen LogP contribution is 2.29. The molecule has 0 saturated carbocycles. The number of thiophene rings is 1. The van der Waals surface area contributed by atoms with Gasteiger partial charge in [-0.3, -0.25) is 9.59 Å². The van der Waals surface area contributed by atoms with Gasteiger partial charge in [0.1, 0.15) is 17.5 Å². The number of ether oxygens (including phenoxy) is 3. The molecule has 2 N–H and O–H groups in total. The first-order valence-corrected chi connectivity index (χ1v) is 10.7. The summed E-state index contributed by atoms with van der Waals surface area (Å²) in [6, 6.07) is 7.43. The van der Waals surface area contributed by atoms with Crippen LogP contribution in [0.25, 0.3) is 0 Å². The molecule has 1 heterocycles. The van der Waals surface area contributed by atoms with Crippen LogP contribution < -0.4 is 20.1 Å². The van der Waals surface area contributed by atoms with Gasteiger partial charge in [0.25, 0.3) is 11.8 Å². The second-order valence-corrected chi connectivity index (χ2v) is 8.12. The Bertz CT molecular complexity index is 897. The zero-order valence-electron chi connectivity index (χ0n) is 18.3. The molecule has 0 saturated heterocycles. The van der Waals surface area contributed by atoms with Crippen LogP contribution in [0.15, 0.2) is 35.7 Å². The Labute approximate surface area is 185 Å². The molecular formula is C22H28N2O6S. The van der Waals surface area contributed by atoms with Gasteiger partial charge < -0.3 is 24.8 Å². The fourth-order valence-electron chi connectivity index (χ4n) is 2.88. The Balaban J connectivity index is 1.94. The summed E-state index contributed by atoms with van der Waals surface area (Å²) >= 11 is 1.28. The van der Waals surface area contributed by atoms with Crippen molar-refractivity contribution in [3.8, 4) is 11.5 Å². The summed E-state index contributed by atoms with van der Waals surface area (Å²) in [6.07, 6.45) is 0. The number of hydrogen-bond acceptors (Lipinski definition) is 7. The van der Waals surface area contributed by atoms with E-state index in [4.69, 9.17) is 14.2 Å². The molecule has 2 aromatic rings. The number of esters is 1. The Morgan fingerprint density at radius 2 is 1.77 bits per heavy atom. The maximum Gasteiger partial charge on any atom is 0.329 e. The van der Waals surface area contributed by atoms with Gasteiger partial charge in [-0.2, -0.15) is 0 Å². The highest BCUT2D eigenvalue weighted by Gasteiger charge is 2.27. The minimum Gasteiger partial charge on any atom is -0.497 e. The molecule has 168 valence electrons. The molecular weight excluding hydrogens is 420 g/mol. The number of carbonyl (C=O) groups is 3. The molecule has 2 unspecified atom stereocenters. The maximum atomic E-state index is 12.5. The van der Waals surface area contributed by atoms with Crippen LogP contribution in [0, 0.1) is 5.92 Å². The normalized spacial score (nSPS) is 12.6. The average molecular weight is 449 g/mol. The summed E-state index contributed by atoms with van der Waals surface area (Å²) in [7, 11) is 3.09. The number of benzene rings is 1. The van der Waals surface area contributed by atoms with Crippen molar-refractivity contribution in [2.45, 2.75) is 32.9 Å². The summed E-state index contributed by atoms with van der Waals surface area (Å²) in [5.74, 6) is -0.473. The van der Waals surface area contributed by atoms with Crippen molar-refractivity contribution in [3.63, 3.8) is 0 Å². The molecule has 0 aliphatic heterocycles. The lowest BCUT2D eigenvalue weighted by Crippen LogP contribution is -2.46. The molecule has 9 heteroatoms. The molecule has 0 radical (unpaired) electrons. The minimum absolute atomic E-state index is 0.209. The van der Waals surface area contributed by atoms with Crippen molar-refractivity contribution in [3.05, 3.63) is 46.2 Å². The molecule has 0 spiro atoms. The van der Waals surface area contributed by atoms with E-state index >= 15 is 0 Å². The van der Waals surface area contributed by atoms with Gasteiger partial charge >= 0.3 is 5.97 Å². The standard InChI is InChI=1S/C22H28N2O6S/c1-13(2)20(24-21(26)18-7-6-10-31-18)22(27)30-12-19(25)23-14(3)16-11-15(28-4)8-9-17(16)29-5/h6-11,13-14,20H,12H2,1-5H3,(H,23,25)(H,24,26). The maximum absolute atomic E-state index is 12.5. The van der Waals surface area contributed by atoms with E-state index in [-0.39, 0.29) is 11.8 Å². The minimum atomic E-state index is -0.863. The number of hydrogen-bond donors (Lipinski definition) is 2. The molecule has 1 aromatic carbocycles. The summed E-state index contributed by atoms with van der Waals surface area (Å²) in [5, 5.41) is 7.22. The zero-order chi connectivity index (χ0) is 23.0. The van der Waals surface area contributed by atoms with E-state index in [0.29, 0.717) is 16.4 Å². The predicted octanol–water partition coefficient (Wildman–Crippen LogP) is 2.94. The van der Waals surface area contributed by atoms with Crippen LogP contribution in [0.3, 0.4) is 0 Å². The van der Waals surface area contributed by atoms with Crippen LogP contribution in [0.1, 0.15) is 42.0 Å². The van der Waals surface area contributed by atoms with Gasteiger partial charge in [0.15, 0.2) is 6.61 Å². The van der Waals surface area contributed by atoms with E-state index < -0.39 is 30.6 Å². The molecule has 2 atom stereocenters. The van der Waals surface area contributed by atoms with Crippen LogP contribution in [-0.4, -0.2) is 44.7 Å². The van der Waals surface area contributed by atoms with E-state index in [1.165, 1.54) is 18.4 Å². The Hall–Kier alpha value is -3.07. The molecule has 0 aliphatic rings. The van der Waals surface area contributed by atoms with Crippen LogP contribution in [0.2, 0.25) is 0 Å². The third-order valence-corrected chi connectivity index (χ3v) is 5.45. The number of nitrogens with one attached hydrogen (secondary N) is 2. The van der Waals surface area contributed by atoms with Gasteiger partial charge in [-0.15, -0.1) is 11.3 Å². The molecule has 2 rings (SSSR count). The van der Waals surface area contributed by atoms with Crippen molar-refractivity contribution < 1.29 is 28.6 Å². The monoisotopic (exact) mass is 448 g/mol. The van der Waals surface area contributed by atoms with Gasteiger partial charge in [0.2, 0.25) is 0 Å². The lowest BCUT2D eigenvalue weighted by atomic mass is 10.0. The van der Waals surface area contributed by atoms with Crippen molar-refractivity contribution in [2.75, 3.05) is 20.8 Å². The number of rotatable bonds is 10. The van der Waals surface area contributed by atoms with Crippen LogP contribution >= 0.6 is 11.3 Å². The molecule has 2 amide bonds. The first-order chi connectivity index (χ1) is 14.8. The van der Waals surface area contributed by atoms with E-state index in [1.54, 1.807) is 63.6 Å². The smallest absolute Gasteiger partial charge is 0.329 e. The second kappa shape index (κ2) is 11.4. The molecule has 31 heavy (non-hydrogen) atoms. The highest BCUT2D eigenvalue weighted by atomic mass is 32.1. The molecule has 0 aliphatic carbocycles. The molecule has 1 aromatic heterocycles. The van der Waals surface area contributed by atoms with Gasteiger partial charge in [0.05, 0.1) is 25.1 Å². The summed E-state index contributed by atoms with van der Waals surface area (Å²) < 4.78 is 15.7. The van der Waals surface area contributed by atoms with Crippen LogP contribution in [0.4, 0.5) is 0 Å². The predicted molar refractivity (Wildman–Crippen MR) is 117 cm³/mol. The van der Waals surface area contributed by atoms with E-state index in [9.17, 15) is 14.4 Å². The van der Waals surface area contributed by atoms with Gasteiger partial charge in [-0.05, 0) is 42.5 Å². The zero-order valence-corrected chi connectivity index (χ0v) is 19.1. The van der Waals surface area contributed by atoms with Crippen molar-refractivity contribution in [2.24, 2.45) is 5.92 Å². The van der Waals surface area contributed by atoms with E-state index in [2.05, 4.69) is 10.6 Å². The third-order valence-electron chi connectivity index (χ3n) is 4.58. The van der Waals surface area contributed by atoms with Crippen molar-refractivity contribution >= 4 is 29.1 Å². The number of amides is 2. The summed E-state index contributed by atoms with van der Waals surface area (Å²) in [4.78, 5) is 37.6. The first kappa shape index (κ1) is 24.2. The van der Waals surface area contributed by atoms with Gasteiger partial charge in [-0.1, -0.05) is 19.9 Å². The molecule has 0 fully saturated rings. The average Bonchev–Trinajstić information content (AvgIpc) is 3.30. The molecule has 8 nitrogen and oxygen atoms in total. The quantitative estimate of drug-likeness (QED) is 0.542. The second-order valence-electron chi connectivity index (χ2n) is 7.18. The van der Waals surface area contributed by atoms with Gasteiger partial charge in [0, 0.05) is 5.56 Å². The number of methoxy groups -OCH3 is 2. The van der Waals surface area contributed by atoms with Gasteiger partial charge in [-0.25, -0.2) is 4.79 Å². The lowest BCUT2D eigenvalue weighted by Gasteiger charge is -2.21. The highest BCUT2D eigenvalue weighted by molar-refractivity contribution is 7.12.